The number of carbonyl (C=O) groups is 2. The van der Waals surface area contributed by atoms with E-state index in [4.69, 9.17) is 0 Å². The summed E-state index contributed by atoms with van der Waals surface area (Å²) in [4.78, 5) is 26.9. The highest BCUT2D eigenvalue weighted by Gasteiger charge is 2.29. The van der Waals surface area contributed by atoms with Crippen molar-refractivity contribution in [2.75, 3.05) is 13.1 Å². The van der Waals surface area contributed by atoms with Crippen LogP contribution in [-0.4, -0.2) is 35.8 Å². The Morgan fingerprint density at radius 1 is 1.04 bits per heavy atom. The van der Waals surface area contributed by atoms with Gasteiger partial charge in [0.2, 0.25) is 5.91 Å². The summed E-state index contributed by atoms with van der Waals surface area (Å²) in [6, 6.07) is 7.84. The predicted octanol–water partition coefficient (Wildman–Crippen LogP) is 3.30. The van der Waals surface area contributed by atoms with E-state index in [2.05, 4.69) is 5.32 Å². The normalized spacial score (nSPS) is 20.0. The van der Waals surface area contributed by atoms with Gasteiger partial charge in [0, 0.05) is 30.6 Å². The second kappa shape index (κ2) is 7.82. The van der Waals surface area contributed by atoms with Gasteiger partial charge in [0.05, 0.1) is 0 Å². The number of benzene rings is 1. The molecule has 3 rings (SSSR count). The molecule has 1 aromatic carbocycles. The molecule has 0 aromatic heterocycles. The first-order valence-corrected chi connectivity index (χ1v) is 9.30. The van der Waals surface area contributed by atoms with Crippen molar-refractivity contribution in [2.45, 2.75) is 57.9 Å². The van der Waals surface area contributed by atoms with Gasteiger partial charge in [-0.3, -0.25) is 9.59 Å². The molecule has 24 heavy (non-hydrogen) atoms. The fourth-order valence-corrected chi connectivity index (χ4v) is 3.91. The van der Waals surface area contributed by atoms with Crippen LogP contribution in [0.25, 0.3) is 0 Å². The van der Waals surface area contributed by atoms with Gasteiger partial charge in [-0.15, -0.1) is 0 Å². The van der Waals surface area contributed by atoms with Crippen molar-refractivity contribution in [1.82, 2.24) is 10.2 Å². The molecule has 1 aliphatic carbocycles. The van der Waals surface area contributed by atoms with Crippen LogP contribution in [-0.2, 0) is 4.79 Å². The number of amides is 2. The van der Waals surface area contributed by atoms with Crippen LogP contribution in [0.15, 0.2) is 24.3 Å². The number of likely N-dealkylation sites (tertiary alicyclic amines) is 1. The van der Waals surface area contributed by atoms with Crippen molar-refractivity contribution < 1.29 is 9.59 Å². The Kier molecular flexibility index (Phi) is 5.54. The van der Waals surface area contributed by atoms with Crippen LogP contribution in [0.3, 0.4) is 0 Å². The van der Waals surface area contributed by atoms with Crippen molar-refractivity contribution in [3.63, 3.8) is 0 Å². The number of piperidine rings is 1. The van der Waals surface area contributed by atoms with E-state index in [9.17, 15) is 9.59 Å². The van der Waals surface area contributed by atoms with Crippen LogP contribution >= 0.6 is 0 Å². The van der Waals surface area contributed by atoms with Gasteiger partial charge in [-0.05, 0) is 44.7 Å². The van der Waals surface area contributed by atoms with Crippen molar-refractivity contribution in [2.24, 2.45) is 5.92 Å². The molecule has 0 radical (unpaired) electrons. The Balaban J connectivity index is 1.48. The molecule has 0 unspecified atom stereocenters. The minimum atomic E-state index is -0.00393. The molecule has 2 aliphatic rings. The molecule has 0 atom stereocenters. The van der Waals surface area contributed by atoms with Crippen LogP contribution in [0.5, 0.6) is 0 Å². The SMILES string of the molecule is Cc1cccc(C(=O)NC2CCN(C(=O)C3CCCCC3)CC2)c1. The quantitative estimate of drug-likeness (QED) is 0.925. The Labute approximate surface area is 144 Å². The summed E-state index contributed by atoms with van der Waals surface area (Å²) in [7, 11) is 0. The summed E-state index contributed by atoms with van der Waals surface area (Å²) in [6.07, 6.45) is 7.49. The number of aryl methyl sites for hydroxylation is 1. The molecule has 0 bridgehead atoms. The van der Waals surface area contributed by atoms with Gasteiger partial charge in [0.1, 0.15) is 0 Å². The molecule has 1 saturated carbocycles. The fourth-order valence-electron chi connectivity index (χ4n) is 3.91. The molecule has 4 heteroatoms. The average Bonchev–Trinajstić information content (AvgIpc) is 2.62. The maximum atomic E-state index is 12.6. The second-order valence-electron chi connectivity index (χ2n) is 7.28. The van der Waals surface area contributed by atoms with Crippen LogP contribution in [0, 0.1) is 12.8 Å². The van der Waals surface area contributed by atoms with Crippen molar-refractivity contribution >= 4 is 11.8 Å². The maximum absolute atomic E-state index is 12.6. The topological polar surface area (TPSA) is 49.4 Å². The van der Waals surface area contributed by atoms with Gasteiger partial charge >= 0.3 is 0 Å². The highest BCUT2D eigenvalue weighted by Crippen LogP contribution is 2.26. The van der Waals surface area contributed by atoms with Gasteiger partial charge in [-0.1, -0.05) is 37.0 Å². The zero-order valence-corrected chi connectivity index (χ0v) is 14.6. The van der Waals surface area contributed by atoms with E-state index in [-0.39, 0.29) is 17.9 Å². The number of nitrogens with one attached hydrogen (secondary N) is 1. The molecule has 2 fully saturated rings. The van der Waals surface area contributed by atoms with Gasteiger partial charge in [0.25, 0.3) is 5.91 Å². The number of carbonyl (C=O) groups excluding carboxylic acids is 2. The van der Waals surface area contributed by atoms with Crippen LogP contribution in [0.4, 0.5) is 0 Å². The lowest BCUT2D eigenvalue weighted by atomic mass is 9.87. The summed E-state index contributed by atoms with van der Waals surface area (Å²) >= 11 is 0. The third-order valence-corrected chi connectivity index (χ3v) is 5.38. The van der Waals surface area contributed by atoms with Gasteiger partial charge < -0.3 is 10.2 Å². The zero-order chi connectivity index (χ0) is 16.9. The van der Waals surface area contributed by atoms with E-state index >= 15 is 0 Å². The van der Waals surface area contributed by atoms with E-state index < -0.39 is 0 Å². The number of rotatable bonds is 3. The molecule has 1 aromatic rings. The molecule has 1 aliphatic heterocycles. The standard InChI is InChI=1S/C20H28N2O2/c1-15-6-5-9-17(14-15)19(23)21-18-10-12-22(13-11-18)20(24)16-7-3-2-4-8-16/h5-6,9,14,16,18H,2-4,7-8,10-13H2,1H3,(H,21,23). The minimum absolute atomic E-state index is 0.00393. The smallest absolute Gasteiger partial charge is 0.251 e. The van der Waals surface area contributed by atoms with Crippen molar-refractivity contribution in [3.8, 4) is 0 Å². The third-order valence-electron chi connectivity index (χ3n) is 5.38. The first-order valence-electron chi connectivity index (χ1n) is 9.30. The molecular formula is C20H28N2O2. The average molecular weight is 328 g/mol. The molecule has 1 saturated heterocycles. The summed E-state index contributed by atoms with van der Waals surface area (Å²) in [5, 5.41) is 3.12. The number of hydrogen-bond donors (Lipinski definition) is 1. The largest absolute Gasteiger partial charge is 0.349 e. The van der Waals surface area contributed by atoms with E-state index in [1.807, 2.05) is 36.1 Å². The van der Waals surface area contributed by atoms with E-state index in [0.717, 1.165) is 49.9 Å². The van der Waals surface area contributed by atoms with E-state index in [1.54, 1.807) is 0 Å². The van der Waals surface area contributed by atoms with Crippen LogP contribution < -0.4 is 5.32 Å². The highest BCUT2D eigenvalue weighted by molar-refractivity contribution is 5.94. The molecule has 0 spiro atoms. The third kappa shape index (κ3) is 4.16. The van der Waals surface area contributed by atoms with Crippen LogP contribution in [0.1, 0.15) is 60.9 Å². The lowest BCUT2D eigenvalue weighted by Crippen LogP contribution is -2.48. The summed E-state index contributed by atoms with van der Waals surface area (Å²) < 4.78 is 0. The fraction of sp³-hybridized carbons (Fsp3) is 0.600. The number of nitrogens with zero attached hydrogens (tertiary/aromatic N) is 1. The van der Waals surface area contributed by atoms with Crippen LogP contribution in [0.2, 0.25) is 0 Å². The summed E-state index contributed by atoms with van der Waals surface area (Å²) in [5.41, 5.74) is 1.81. The summed E-state index contributed by atoms with van der Waals surface area (Å²) in [5.74, 6) is 0.589. The molecule has 1 N–H and O–H groups in total. The predicted molar refractivity (Wildman–Crippen MR) is 94.8 cm³/mol. The highest BCUT2D eigenvalue weighted by atomic mass is 16.2. The molecular weight excluding hydrogens is 300 g/mol. The van der Waals surface area contributed by atoms with Crippen molar-refractivity contribution in [3.05, 3.63) is 35.4 Å². The maximum Gasteiger partial charge on any atom is 0.251 e. The molecule has 1 heterocycles. The van der Waals surface area contributed by atoms with Gasteiger partial charge in [0.15, 0.2) is 0 Å². The van der Waals surface area contributed by atoms with Crippen molar-refractivity contribution in [1.29, 1.82) is 0 Å². The number of hydrogen-bond acceptors (Lipinski definition) is 2. The Morgan fingerprint density at radius 2 is 1.75 bits per heavy atom. The first-order chi connectivity index (χ1) is 11.6. The lowest BCUT2D eigenvalue weighted by Gasteiger charge is -2.35. The summed E-state index contributed by atoms with van der Waals surface area (Å²) in [6.45, 7) is 3.54. The Morgan fingerprint density at radius 3 is 2.42 bits per heavy atom. The van der Waals surface area contributed by atoms with Gasteiger partial charge in [-0.25, -0.2) is 0 Å². The minimum Gasteiger partial charge on any atom is -0.349 e. The van der Waals surface area contributed by atoms with E-state index in [0.29, 0.717) is 5.91 Å². The second-order valence-corrected chi connectivity index (χ2v) is 7.28. The first kappa shape index (κ1) is 17.0. The van der Waals surface area contributed by atoms with E-state index in [1.165, 1.54) is 19.3 Å². The van der Waals surface area contributed by atoms with Gasteiger partial charge in [-0.2, -0.15) is 0 Å². The molecule has 2 amide bonds. The molecule has 4 nitrogen and oxygen atoms in total. The lowest BCUT2D eigenvalue weighted by molar-refractivity contribution is -0.137. The molecule has 130 valence electrons. The monoisotopic (exact) mass is 328 g/mol. The zero-order valence-electron chi connectivity index (χ0n) is 14.6. The Bertz CT molecular complexity index is 585. The Hall–Kier alpha value is -1.84.